The van der Waals surface area contributed by atoms with Gasteiger partial charge in [0.15, 0.2) is 0 Å². The van der Waals surface area contributed by atoms with Gasteiger partial charge in [0, 0.05) is 25.4 Å². The van der Waals surface area contributed by atoms with Crippen molar-refractivity contribution in [2.45, 2.75) is 32.2 Å². The average molecular weight is 433 g/mol. The molecular formula is C25H28N4O3. The van der Waals surface area contributed by atoms with Gasteiger partial charge < -0.3 is 9.30 Å². The summed E-state index contributed by atoms with van der Waals surface area (Å²) in [6.07, 6.45) is 10.7. The van der Waals surface area contributed by atoms with Gasteiger partial charge in [-0.2, -0.15) is 0 Å². The summed E-state index contributed by atoms with van der Waals surface area (Å²) in [5.41, 5.74) is 3.07. The van der Waals surface area contributed by atoms with E-state index in [9.17, 15) is 9.59 Å². The number of benzene rings is 1. The van der Waals surface area contributed by atoms with E-state index in [2.05, 4.69) is 28.2 Å². The molecule has 7 heteroatoms. The van der Waals surface area contributed by atoms with Gasteiger partial charge in [0.25, 0.3) is 11.1 Å². The van der Waals surface area contributed by atoms with Crippen LogP contribution in [0.4, 0.5) is 0 Å². The Balaban J connectivity index is 1.44. The molecule has 3 aromatic rings. The van der Waals surface area contributed by atoms with Gasteiger partial charge in [-0.1, -0.05) is 18.2 Å². The third-order valence-electron chi connectivity index (χ3n) is 6.40. The number of aromatic amines is 1. The molecule has 0 spiro atoms. The number of allylic oxidation sites excluding steroid dienone is 3. The van der Waals surface area contributed by atoms with Crippen LogP contribution >= 0.6 is 0 Å². The fourth-order valence-electron chi connectivity index (χ4n) is 4.52. The number of likely N-dealkylation sites (tertiary alicyclic amines) is 1. The van der Waals surface area contributed by atoms with Gasteiger partial charge >= 0.3 is 0 Å². The third kappa shape index (κ3) is 3.96. The summed E-state index contributed by atoms with van der Waals surface area (Å²) in [5, 5.41) is 3.71. The van der Waals surface area contributed by atoms with Gasteiger partial charge in [0.2, 0.25) is 0 Å². The molecular weight excluding hydrogens is 404 g/mol. The first-order valence-corrected chi connectivity index (χ1v) is 11.2. The van der Waals surface area contributed by atoms with Crippen LogP contribution in [-0.2, 0) is 13.6 Å². The minimum atomic E-state index is -0.141. The van der Waals surface area contributed by atoms with Crippen molar-refractivity contribution in [2.24, 2.45) is 7.05 Å². The van der Waals surface area contributed by atoms with Crippen LogP contribution in [0.2, 0.25) is 0 Å². The standard InChI is InChI=1S/C25H28N4O3/c1-27-22(16-28-13-5-6-14-28)24-21(15-23(27)30)26-29(25(24)31)19-9-11-20(12-10-19)32-17-18-7-3-2-4-8-18/h2-3,7,9-12,15,26H,4-6,8,13-14,16-17H2,1H3. The maximum absolute atomic E-state index is 13.4. The number of hydrogen-bond donors (Lipinski definition) is 1. The van der Waals surface area contributed by atoms with Crippen LogP contribution in [0.3, 0.4) is 0 Å². The molecule has 32 heavy (non-hydrogen) atoms. The zero-order valence-electron chi connectivity index (χ0n) is 18.3. The summed E-state index contributed by atoms with van der Waals surface area (Å²) in [6, 6.07) is 8.97. The monoisotopic (exact) mass is 432 g/mol. The number of nitrogens with zero attached hydrogens (tertiary/aromatic N) is 3. The highest BCUT2D eigenvalue weighted by Crippen LogP contribution is 2.20. The Morgan fingerprint density at radius 2 is 1.88 bits per heavy atom. The van der Waals surface area contributed by atoms with Crippen molar-refractivity contribution in [2.75, 3.05) is 19.7 Å². The molecule has 0 radical (unpaired) electrons. The Labute approximate surface area is 186 Å². The lowest BCUT2D eigenvalue weighted by atomic mass is 10.1. The van der Waals surface area contributed by atoms with Gasteiger partial charge in [-0.05, 0) is 68.6 Å². The lowest BCUT2D eigenvalue weighted by Gasteiger charge is -2.17. The molecule has 1 N–H and O–H groups in total. The van der Waals surface area contributed by atoms with Crippen molar-refractivity contribution >= 4 is 10.9 Å². The molecule has 1 aliphatic heterocycles. The van der Waals surface area contributed by atoms with E-state index in [0.717, 1.165) is 50.2 Å². The van der Waals surface area contributed by atoms with Crippen LogP contribution < -0.4 is 15.9 Å². The van der Waals surface area contributed by atoms with Crippen LogP contribution in [-0.4, -0.2) is 38.9 Å². The Hall–Kier alpha value is -3.32. The highest BCUT2D eigenvalue weighted by atomic mass is 16.5. The lowest BCUT2D eigenvalue weighted by molar-refractivity contribution is 0.323. The minimum absolute atomic E-state index is 0.115. The van der Waals surface area contributed by atoms with E-state index in [4.69, 9.17) is 4.74 Å². The van der Waals surface area contributed by atoms with Crippen molar-refractivity contribution in [3.8, 4) is 11.4 Å². The molecule has 1 aromatic carbocycles. The molecule has 1 fully saturated rings. The van der Waals surface area contributed by atoms with Crippen LogP contribution in [0.25, 0.3) is 16.6 Å². The SMILES string of the molecule is Cn1c(CN2CCCC2)c2c(=O)n(-c3ccc(OCC4=CC=CCC4)cc3)[nH]c2cc1=O. The smallest absolute Gasteiger partial charge is 0.280 e. The number of rotatable bonds is 6. The second-order valence-corrected chi connectivity index (χ2v) is 8.59. The first-order valence-electron chi connectivity index (χ1n) is 11.2. The molecule has 2 aliphatic rings. The summed E-state index contributed by atoms with van der Waals surface area (Å²) in [4.78, 5) is 28.2. The molecule has 1 saturated heterocycles. The van der Waals surface area contributed by atoms with Crippen LogP contribution in [0, 0.1) is 0 Å². The normalized spacial score (nSPS) is 16.6. The number of aromatic nitrogens is 3. The molecule has 0 unspecified atom stereocenters. The van der Waals surface area contributed by atoms with E-state index in [0.29, 0.717) is 29.7 Å². The summed E-state index contributed by atoms with van der Waals surface area (Å²) in [5.74, 6) is 0.760. The minimum Gasteiger partial charge on any atom is -0.489 e. The summed E-state index contributed by atoms with van der Waals surface area (Å²) < 4.78 is 9.01. The van der Waals surface area contributed by atoms with Crippen molar-refractivity contribution in [3.05, 3.63) is 80.5 Å². The van der Waals surface area contributed by atoms with Crippen LogP contribution in [0.5, 0.6) is 5.75 Å². The first kappa shape index (κ1) is 20.6. The number of ether oxygens (including phenoxy) is 1. The van der Waals surface area contributed by atoms with Gasteiger partial charge in [-0.3, -0.25) is 19.6 Å². The average Bonchev–Trinajstić information content (AvgIpc) is 3.44. The zero-order chi connectivity index (χ0) is 22.1. The maximum Gasteiger partial charge on any atom is 0.280 e. The van der Waals surface area contributed by atoms with E-state index in [1.165, 1.54) is 16.3 Å². The summed E-state index contributed by atoms with van der Waals surface area (Å²) >= 11 is 0. The Morgan fingerprint density at radius 3 is 2.59 bits per heavy atom. The number of pyridine rings is 1. The topological polar surface area (TPSA) is 72.3 Å². The van der Waals surface area contributed by atoms with Crippen LogP contribution in [0.15, 0.2) is 63.7 Å². The number of fused-ring (bicyclic) bond motifs is 1. The fraction of sp³-hybridized carbons (Fsp3) is 0.360. The highest BCUT2D eigenvalue weighted by Gasteiger charge is 2.20. The molecule has 166 valence electrons. The predicted molar refractivity (Wildman–Crippen MR) is 126 cm³/mol. The van der Waals surface area contributed by atoms with E-state index in [-0.39, 0.29) is 11.1 Å². The van der Waals surface area contributed by atoms with E-state index >= 15 is 0 Å². The van der Waals surface area contributed by atoms with E-state index in [1.54, 1.807) is 11.6 Å². The Morgan fingerprint density at radius 1 is 1.09 bits per heavy atom. The Kier molecular flexibility index (Phi) is 5.57. The zero-order valence-corrected chi connectivity index (χ0v) is 18.3. The van der Waals surface area contributed by atoms with Crippen LogP contribution in [0.1, 0.15) is 31.4 Å². The predicted octanol–water partition coefficient (Wildman–Crippen LogP) is 3.27. The second-order valence-electron chi connectivity index (χ2n) is 8.59. The summed E-state index contributed by atoms with van der Waals surface area (Å²) in [7, 11) is 1.74. The highest BCUT2D eigenvalue weighted by molar-refractivity contribution is 5.80. The van der Waals surface area contributed by atoms with Crippen molar-refractivity contribution in [1.82, 2.24) is 19.2 Å². The molecule has 2 aromatic heterocycles. The lowest BCUT2D eigenvalue weighted by Crippen LogP contribution is -2.27. The molecule has 0 atom stereocenters. The quantitative estimate of drug-likeness (QED) is 0.649. The molecule has 1 aliphatic carbocycles. The van der Waals surface area contributed by atoms with Gasteiger partial charge in [0.05, 0.1) is 16.6 Å². The molecule has 3 heterocycles. The molecule has 0 saturated carbocycles. The Bertz CT molecular complexity index is 1300. The van der Waals surface area contributed by atoms with Gasteiger partial charge in [-0.15, -0.1) is 0 Å². The summed E-state index contributed by atoms with van der Waals surface area (Å²) in [6.45, 7) is 3.17. The molecule has 5 rings (SSSR count). The molecule has 0 bridgehead atoms. The number of H-pyrrole nitrogens is 1. The fourth-order valence-corrected chi connectivity index (χ4v) is 4.52. The van der Waals surface area contributed by atoms with E-state index < -0.39 is 0 Å². The first-order chi connectivity index (χ1) is 15.6. The van der Waals surface area contributed by atoms with Gasteiger partial charge in [-0.25, -0.2) is 4.68 Å². The van der Waals surface area contributed by atoms with Gasteiger partial charge in [0.1, 0.15) is 12.4 Å². The number of hydrogen-bond acceptors (Lipinski definition) is 4. The largest absolute Gasteiger partial charge is 0.489 e. The second kappa shape index (κ2) is 8.67. The molecule has 7 nitrogen and oxygen atoms in total. The third-order valence-corrected chi connectivity index (χ3v) is 6.40. The van der Waals surface area contributed by atoms with Crippen molar-refractivity contribution in [1.29, 1.82) is 0 Å². The van der Waals surface area contributed by atoms with E-state index in [1.807, 2.05) is 24.3 Å². The molecule has 0 amide bonds. The van der Waals surface area contributed by atoms with Crippen molar-refractivity contribution < 1.29 is 4.74 Å². The van der Waals surface area contributed by atoms with Crippen molar-refractivity contribution in [3.63, 3.8) is 0 Å². The maximum atomic E-state index is 13.4. The number of nitrogens with one attached hydrogen (secondary N) is 1.